The van der Waals surface area contributed by atoms with Crippen LogP contribution in [0.5, 0.6) is 0 Å². The van der Waals surface area contributed by atoms with E-state index in [9.17, 15) is 13.2 Å². The maximum atomic E-state index is 11.3. The van der Waals surface area contributed by atoms with Crippen molar-refractivity contribution in [1.29, 1.82) is 0 Å². The van der Waals surface area contributed by atoms with Gasteiger partial charge >= 0.3 is 0 Å². The molecule has 0 radical (unpaired) electrons. The Morgan fingerprint density at radius 3 is 2.64 bits per heavy atom. The van der Waals surface area contributed by atoms with Gasteiger partial charge in [0.15, 0.2) is 0 Å². The summed E-state index contributed by atoms with van der Waals surface area (Å²) < 4.78 is 24.6. The van der Waals surface area contributed by atoms with Crippen LogP contribution in [0.4, 0.5) is 0 Å². The lowest BCUT2D eigenvalue weighted by atomic mass is 10.2. The van der Waals surface area contributed by atoms with Crippen LogP contribution in [0.2, 0.25) is 0 Å². The molecule has 1 amide bonds. The minimum absolute atomic E-state index is 0.248. The van der Waals surface area contributed by atoms with Gasteiger partial charge in [0.25, 0.3) is 0 Å². The molecule has 0 aromatic carbocycles. The van der Waals surface area contributed by atoms with Crippen LogP contribution >= 0.6 is 0 Å². The van der Waals surface area contributed by atoms with Crippen molar-refractivity contribution in [2.45, 2.75) is 37.4 Å². The van der Waals surface area contributed by atoms with E-state index in [1.54, 1.807) is 6.08 Å². The molecule has 1 saturated carbocycles. The van der Waals surface area contributed by atoms with Gasteiger partial charge in [0.1, 0.15) is 0 Å². The largest absolute Gasteiger partial charge is 0.274 e. The van der Waals surface area contributed by atoms with E-state index in [0.29, 0.717) is 19.3 Å². The van der Waals surface area contributed by atoms with Crippen LogP contribution in [-0.2, 0) is 14.8 Å². The summed E-state index contributed by atoms with van der Waals surface area (Å²) in [4.78, 5) is 11.1. The second-order valence-electron chi connectivity index (χ2n) is 3.45. The van der Waals surface area contributed by atoms with E-state index in [1.165, 1.54) is 0 Å². The summed E-state index contributed by atoms with van der Waals surface area (Å²) in [5.74, 6) is -0.404. The van der Waals surface area contributed by atoms with Gasteiger partial charge in [0, 0.05) is 6.42 Å². The molecule has 0 saturated heterocycles. The van der Waals surface area contributed by atoms with Gasteiger partial charge in [-0.05, 0) is 25.7 Å². The van der Waals surface area contributed by atoms with Crippen LogP contribution in [0.25, 0.3) is 0 Å². The van der Waals surface area contributed by atoms with Gasteiger partial charge < -0.3 is 0 Å². The van der Waals surface area contributed by atoms with Gasteiger partial charge in [0.2, 0.25) is 15.9 Å². The van der Waals surface area contributed by atoms with Crippen molar-refractivity contribution in [1.82, 2.24) is 4.72 Å². The first-order chi connectivity index (χ1) is 6.56. The van der Waals surface area contributed by atoms with Gasteiger partial charge in [-0.25, -0.2) is 8.42 Å². The topological polar surface area (TPSA) is 63.2 Å². The van der Waals surface area contributed by atoms with Gasteiger partial charge in [-0.1, -0.05) is 6.08 Å². The van der Waals surface area contributed by atoms with Crippen LogP contribution in [0.1, 0.15) is 32.1 Å². The Balaban J connectivity index is 2.29. The zero-order chi connectivity index (χ0) is 10.6. The zero-order valence-electron chi connectivity index (χ0n) is 8.03. The first-order valence-electron chi connectivity index (χ1n) is 4.71. The summed E-state index contributed by atoms with van der Waals surface area (Å²) in [5, 5.41) is -0.328. The molecular weight excluding hydrogens is 202 g/mol. The van der Waals surface area contributed by atoms with Gasteiger partial charge in [-0.2, -0.15) is 0 Å². The Kier molecular flexibility index (Phi) is 3.69. The van der Waals surface area contributed by atoms with Crippen molar-refractivity contribution < 1.29 is 13.2 Å². The highest BCUT2D eigenvalue weighted by Crippen LogP contribution is 2.27. The molecule has 1 rings (SSSR count). The fourth-order valence-corrected chi connectivity index (χ4v) is 2.42. The molecule has 1 N–H and O–H groups in total. The number of rotatable bonds is 6. The number of amides is 1. The fraction of sp³-hybridized carbons (Fsp3) is 0.667. The predicted octanol–water partition coefficient (Wildman–Crippen LogP) is 0.951. The monoisotopic (exact) mass is 217 g/mol. The number of hydrogen-bond acceptors (Lipinski definition) is 3. The molecule has 0 aromatic heterocycles. The number of carbonyl (C=O) groups is 1. The second kappa shape index (κ2) is 4.59. The average molecular weight is 217 g/mol. The Morgan fingerprint density at radius 2 is 2.14 bits per heavy atom. The normalized spacial score (nSPS) is 16.3. The Hall–Kier alpha value is -0.840. The van der Waals surface area contributed by atoms with Crippen LogP contribution in [0.15, 0.2) is 12.7 Å². The number of unbranched alkanes of at least 4 members (excludes halogenated alkanes) is 1. The van der Waals surface area contributed by atoms with Gasteiger partial charge in [0.05, 0.1) is 5.25 Å². The van der Waals surface area contributed by atoms with Crippen molar-refractivity contribution in [2.24, 2.45) is 0 Å². The molecule has 0 atom stereocenters. The standard InChI is InChI=1S/C9H15NO3S/c1-2-3-4-5-9(11)10-14(12,13)8-6-7-8/h2,8H,1,3-7H2,(H,10,11). The number of allylic oxidation sites excluding steroid dienone is 1. The summed E-state index contributed by atoms with van der Waals surface area (Å²) in [7, 11) is -3.35. The number of sulfonamides is 1. The first-order valence-corrected chi connectivity index (χ1v) is 6.26. The van der Waals surface area contributed by atoms with E-state index in [0.717, 1.165) is 6.42 Å². The third-order valence-electron chi connectivity index (χ3n) is 2.03. The lowest BCUT2D eigenvalue weighted by Crippen LogP contribution is -2.32. The van der Waals surface area contributed by atoms with Crippen molar-refractivity contribution in [3.63, 3.8) is 0 Å². The minimum atomic E-state index is -3.35. The molecule has 1 fully saturated rings. The van der Waals surface area contributed by atoms with Gasteiger partial charge in [-0.15, -0.1) is 6.58 Å². The molecule has 4 nitrogen and oxygen atoms in total. The van der Waals surface area contributed by atoms with Crippen molar-refractivity contribution in [3.05, 3.63) is 12.7 Å². The summed E-state index contributed by atoms with van der Waals surface area (Å²) in [6.45, 7) is 3.52. The van der Waals surface area contributed by atoms with Crippen molar-refractivity contribution >= 4 is 15.9 Å². The Bertz CT molecular complexity index is 317. The minimum Gasteiger partial charge on any atom is -0.274 e. The molecule has 1 aliphatic rings. The quantitative estimate of drug-likeness (QED) is 0.532. The van der Waals surface area contributed by atoms with E-state index in [4.69, 9.17) is 0 Å². The molecule has 14 heavy (non-hydrogen) atoms. The fourth-order valence-electron chi connectivity index (χ4n) is 1.08. The molecular formula is C9H15NO3S. The number of nitrogens with one attached hydrogen (secondary N) is 1. The van der Waals surface area contributed by atoms with Gasteiger partial charge in [-0.3, -0.25) is 9.52 Å². The first kappa shape index (κ1) is 11.2. The van der Waals surface area contributed by atoms with E-state index in [2.05, 4.69) is 11.3 Å². The molecule has 0 heterocycles. The van der Waals surface area contributed by atoms with Crippen LogP contribution in [0.3, 0.4) is 0 Å². The molecule has 0 spiro atoms. The Morgan fingerprint density at radius 1 is 1.50 bits per heavy atom. The van der Waals surface area contributed by atoms with Crippen molar-refractivity contribution in [2.75, 3.05) is 0 Å². The van der Waals surface area contributed by atoms with E-state index >= 15 is 0 Å². The van der Waals surface area contributed by atoms with Crippen LogP contribution in [0, 0.1) is 0 Å². The highest BCUT2D eigenvalue weighted by atomic mass is 32.2. The molecule has 0 aromatic rings. The highest BCUT2D eigenvalue weighted by molar-refractivity contribution is 7.90. The van der Waals surface area contributed by atoms with Crippen LogP contribution in [-0.4, -0.2) is 19.6 Å². The third-order valence-corrected chi connectivity index (χ3v) is 3.89. The second-order valence-corrected chi connectivity index (χ2v) is 5.41. The maximum absolute atomic E-state index is 11.3. The number of hydrogen-bond donors (Lipinski definition) is 1. The average Bonchev–Trinajstić information content (AvgIpc) is 2.85. The summed E-state index contributed by atoms with van der Waals surface area (Å²) >= 11 is 0. The lowest BCUT2D eigenvalue weighted by Gasteiger charge is -2.04. The Labute approximate surface area is 84.4 Å². The SMILES string of the molecule is C=CCCCC(=O)NS(=O)(=O)C1CC1. The lowest BCUT2D eigenvalue weighted by molar-refractivity contribution is -0.119. The maximum Gasteiger partial charge on any atom is 0.237 e. The molecule has 80 valence electrons. The molecule has 1 aliphatic carbocycles. The highest BCUT2D eigenvalue weighted by Gasteiger charge is 2.36. The van der Waals surface area contributed by atoms with E-state index < -0.39 is 15.9 Å². The van der Waals surface area contributed by atoms with Crippen molar-refractivity contribution in [3.8, 4) is 0 Å². The molecule has 5 heteroatoms. The molecule has 0 aliphatic heterocycles. The van der Waals surface area contributed by atoms with E-state index in [1.807, 2.05) is 0 Å². The summed E-state index contributed by atoms with van der Waals surface area (Å²) in [6, 6.07) is 0. The smallest absolute Gasteiger partial charge is 0.237 e. The third kappa shape index (κ3) is 3.49. The number of carbonyl (C=O) groups excluding carboxylic acids is 1. The molecule has 0 bridgehead atoms. The zero-order valence-corrected chi connectivity index (χ0v) is 8.85. The summed E-state index contributed by atoms with van der Waals surface area (Å²) in [6.07, 6.45) is 4.69. The molecule has 0 unspecified atom stereocenters. The summed E-state index contributed by atoms with van der Waals surface area (Å²) in [5.41, 5.74) is 0. The van der Waals surface area contributed by atoms with Crippen LogP contribution < -0.4 is 4.72 Å². The van der Waals surface area contributed by atoms with E-state index in [-0.39, 0.29) is 11.7 Å². The predicted molar refractivity (Wildman–Crippen MR) is 54.1 cm³/mol.